The van der Waals surface area contributed by atoms with E-state index >= 15 is 0 Å². The Kier molecular flexibility index (Phi) is 5.91. The summed E-state index contributed by atoms with van der Waals surface area (Å²) in [5, 5.41) is 12.7. The Morgan fingerprint density at radius 2 is 2.38 bits per heavy atom. The lowest BCUT2D eigenvalue weighted by molar-refractivity contribution is 0.292. The Morgan fingerprint density at radius 1 is 1.52 bits per heavy atom. The lowest BCUT2D eigenvalue weighted by Crippen LogP contribution is -2.10. The highest BCUT2D eigenvalue weighted by atomic mass is 32.1. The summed E-state index contributed by atoms with van der Waals surface area (Å²) < 4.78 is 18.9. The van der Waals surface area contributed by atoms with Gasteiger partial charge >= 0.3 is 0 Å². The van der Waals surface area contributed by atoms with Crippen molar-refractivity contribution in [3.8, 4) is 5.75 Å². The number of rotatable bonds is 8. The minimum absolute atomic E-state index is 0.137. The molecule has 0 fully saturated rings. The van der Waals surface area contributed by atoms with Gasteiger partial charge in [0.1, 0.15) is 12.4 Å². The molecule has 2 aromatic rings. The lowest BCUT2D eigenvalue weighted by Gasteiger charge is -2.06. The van der Waals surface area contributed by atoms with E-state index in [2.05, 4.69) is 10.3 Å². The first-order chi connectivity index (χ1) is 10.3. The second-order valence-electron chi connectivity index (χ2n) is 4.41. The van der Waals surface area contributed by atoms with E-state index in [1.165, 1.54) is 11.3 Å². The summed E-state index contributed by atoms with van der Waals surface area (Å²) in [6.45, 7) is 1.11. The molecule has 0 atom stereocenters. The largest absolute Gasteiger partial charge is 0.489 e. The van der Waals surface area contributed by atoms with E-state index in [-0.39, 0.29) is 19.8 Å². The van der Waals surface area contributed by atoms with Crippen LogP contribution in [0.5, 0.6) is 5.75 Å². The number of halogens is 1. The van der Waals surface area contributed by atoms with Crippen LogP contribution in [0.15, 0.2) is 30.1 Å². The molecule has 4 N–H and O–H groups in total. The normalized spacial score (nSPS) is 11.9. The van der Waals surface area contributed by atoms with Crippen LogP contribution in [-0.4, -0.2) is 36.4 Å². The van der Waals surface area contributed by atoms with Crippen LogP contribution < -0.4 is 15.8 Å². The third-order valence-electron chi connectivity index (χ3n) is 2.81. The molecule has 0 amide bonds. The first kappa shape index (κ1) is 15.7. The molecule has 1 aromatic heterocycles. The molecule has 0 aliphatic carbocycles. The third-order valence-corrected chi connectivity index (χ3v) is 3.79. The maximum absolute atomic E-state index is 12.4. The predicted octanol–water partition coefficient (Wildman–Crippen LogP) is 2.28. The minimum atomic E-state index is 0.137. The number of hydrogen-bond acceptors (Lipinski definition) is 6. The molecular formula is C14H18FN3O2S. The second-order valence-corrected chi connectivity index (χ2v) is 5.44. The maximum Gasteiger partial charge on any atom is 0.183 e. The molecule has 0 saturated carbocycles. The standard InChI is InChI=1S/C14H18FN3O2S/c15-7-10(8-16)9-20-11-2-3-12-13(6-11)21-14(18-12)17-4-1-5-19/h2-3,6-7,19H,1,4-5,8-9,16H2,(H,17,18)/b10-7+. The number of anilines is 1. The van der Waals surface area contributed by atoms with Gasteiger partial charge in [0.2, 0.25) is 0 Å². The number of ether oxygens (including phenoxy) is 1. The number of nitrogens with two attached hydrogens (primary N) is 1. The molecule has 7 heteroatoms. The van der Waals surface area contributed by atoms with E-state index in [1.54, 1.807) is 6.07 Å². The molecule has 0 unspecified atom stereocenters. The van der Waals surface area contributed by atoms with Crippen LogP contribution in [0.3, 0.4) is 0 Å². The van der Waals surface area contributed by atoms with Crippen molar-refractivity contribution in [3.63, 3.8) is 0 Å². The highest BCUT2D eigenvalue weighted by molar-refractivity contribution is 7.22. The minimum Gasteiger partial charge on any atom is -0.489 e. The van der Waals surface area contributed by atoms with Gasteiger partial charge in [0.15, 0.2) is 5.13 Å². The van der Waals surface area contributed by atoms with Crippen LogP contribution in [0.4, 0.5) is 9.52 Å². The number of aliphatic hydroxyl groups excluding tert-OH is 1. The monoisotopic (exact) mass is 311 g/mol. The Balaban J connectivity index is 2.03. The topological polar surface area (TPSA) is 80.4 Å². The van der Waals surface area contributed by atoms with Crippen molar-refractivity contribution in [1.82, 2.24) is 4.98 Å². The van der Waals surface area contributed by atoms with E-state index in [9.17, 15) is 4.39 Å². The van der Waals surface area contributed by atoms with E-state index in [0.717, 1.165) is 15.3 Å². The molecule has 0 radical (unpaired) electrons. The Bertz CT molecular complexity index is 615. The Labute approximate surface area is 126 Å². The molecule has 21 heavy (non-hydrogen) atoms. The van der Waals surface area contributed by atoms with Gasteiger partial charge in [-0.2, -0.15) is 0 Å². The molecule has 0 aliphatic heterocycles. The summed E-state index contributed by atoms with van der Waals surface area (Å²) in [5.74, 6) is 0.654. The van der Waals surface area contributed by atoms with Gasteiger partial charge in [-0.05, 0) is 24.6 Å². The predicted molar refractivity (Wildman–Crippen MR) is 83.6 cm³/mol. The summed E-state index contributed by atoms with van der Waals surface area (Å²) >= 11 is 1.51. The van der Waals surface area contributed by atoms with Crippen molar-refractivity contribution in [1.29, 1.82) is 0 Å². The molecular weight excluding hydrogens is 293 g/mol. The summed E-state index contributed by atoms with van der Waals surface area (Å²) in [6.07, 6.45) is 1.16. The molecule has 0 spiro atoms. The van der Waals surface area contributed by atoms with Crippen molar-refractivity contribution < 1.29 is 14.2 Å². The molecule has 0 saturated heterocycles. The maximum atomic E-state index is 12.4. The fourth-order valence-electron chi connectivity index (χ4n) is 1.66. The van der Waals surface area contributed by atoms with Crippen molar-refractivity contribution >= 4 is 26.7 Å². The number of hydrogen-bond donors (Lipinski definition) is 3. The molecule has 114 valence electrons. The van der Waals surface area contributed by atoms with E-state index in [4.69, 9.17) is 15.6 Å². The second kappa shape index (κ2) is 7.92. The average molecular weight is 311 g/mol. The van der Waals surface area contributed by atoms with Gasteiger partial charge < -0.3 is 20.9 Å². The molecule has 0 aliphatic rings. The van der Waals surface area contributed by atoms with Gasteiger partial charge in [-0.15, -0.1) is 0 Å². The van der Waals surface area contributed by atoms with Crippen molar-refractivity contribution in [2.24, 2.45) is 5.73 Å². The van der Waals surface area contributed by atoms with Gasteiger partial charge in [0.25, 0.3) is 0 Å². The van der Waals surface area contributed by atoms with E-state index < -0.39 is 0 Å². The number of aromatic nitrogens is 1. The summed E-state index contributed by atoms with van der Waals surface area (Å²) in [7, 11) is 0. The summed E-state index contributed by atoms with van der Waals surface area (Å²) in [6, 6.07) is 5.53. The van der Waals surface area contributed by atoms with Gasteiger partial charge in [-0.1, -0.05) is 11.3 Å². The zero-order chi connectivity index (χ0) is 15.1. The van der Waals surface area contributed by atoms with Crippen molar-refractivity contribution in [3.05, 3.63) is 30.1 Å². The highest BCUT2D eigenvalue weighted by Gasteiger charge is 2.05. The van der Waals surface area contributed by atoms with Crippen LogP contribution in [0.2, 0.25) is 0 Å². The lowest BCUT2D eigenvalue weighted by atomic mass is 10.3. The van der Waals surface area contributed by atoms with Gasteiger partial charge in [-0.25, -0.2) is 9.37 Å². The van der Waals surface area contributed by atoms with Crippen molar-refractivity contribution in [2.45, 2.75) is 6.42 Å². The molecule has 5 nitrogen and oxygen atoms in total. The van der Waals surface area contributed by atoms with Crippen LogP contribution in [0, 0.1) is 0 Å². The molecule has 1 heterocycles. The van der Waals surface area contributed by atoms with Gasteiger partial charge in [0, 0.05) is 25.3 Å². The quantitative estimate of drug-likeness (QED) is 0.652. The zero-order valence-electron chi connectivity index (χ0n) is 11.5. The number of nitrogens with one attached hydrogen (secondary N) is 1. The van der Waals surface area contributed by atoms with Gasteiger partial charge in [-0.3, -0.25) is 0 Å². The number of thiazole rings is 1. The van der Waals surface area contributed by atoms with E-state index in [1.807, 2.05) is 12.1 Å². The van der Waals surface area contributed by atoms with E-state index in [0.29, 0.717) is 30.6 Å². The average Bonchev–Trinajstić information content (AvgIpc) is 2.90. The van der Waals surface area contributed by atoms with Crippen molar-refractivity contribution in [2.75, 3.05) is 31.6 Å². The smallest absolute Gasteiger partial charge is 0.183 e. The van der Waals surface area contributed by atoms with Crippen LogP contribution >= 0.6 is 11.3 Å². The summed E-state index contributed by atoms with van der Waals surface area (Å²) in [5.41, 5.74) is 6.66. The zero-order valence-corrected chi connectivity index (χ0v) is 12.3. The molecule has 2 rings (SSSR count). The Morgan fingerprint density at radius 3 is 3.10 bits per heavy atom. The number of nitrogens with zero attached hydrogens (tertiary/aromatic N) is 1. The van der Waals surface area contributed by atoms with Crippen LogP contribution in [-0.2, 0) is 0 Å². The fraction of sp³-hybridized carbons (Fsp3) is 0.357. The number of fused-ring (bicyclic) bond motifs is 1. The fourth-order valence-corrected chi connectivity index (χ4v) is 2.58. The number of aliphatic hydroxyl groups is 1. The number of benzene rings is 1. The van der Waals surface area contributed by atoms with Crippen LogP contribution in [0.25, 0.3) is 10.2 Å². The SMILES string of the molecule is NC/C(=C\F)COc1ccc2nc(NCCCO)sc2c1. The molecule has 0 bridgehead atoms. The Hall–Kier alpha value is -1.70. The molecule has 1 aromatic carbocycles. The first-order valence-corrected chi connectivity index (χ1v) is 7.44. The first-order valence-electron chi connectivity index (χ1n) is 6.63. The van der Waals surface area contributed by atoms with Gasteiger partial charge in [0.05, 0.1) is 16.5 Å². The highest BCUT2D eigenvalue weighted by Crippen LogP contribution is 2.29. The van der Waals surface area contributed by atoms with Crippen LogP contribution in [0.1, 0.15) is 6.42 Å². The summed E-state index contributed by atoms with van der Waals surface area (Å²) in [4.78, 5) is 4.43. The third kappa shape index (κ3) is 4.38.